The zero-order valence-corrected chi connectivity index (χ0v) is 15.3. The summed E-state index contributed by atoms with van der Waals surface area (Å²) < 4.78 is 5.06. The van der Waals surface area contributed by atoms with Crippen LogP contribution in [0, 0.1) is 6.92 Å². The third kappa shape index (κ3) is 4.54. The molecule has 0 spiro atoms. The fourth-order valence-corrected chi connectivity index (χ4v) is 3.26. The Kier molecular flexibility index (Phi) is 6.12. The number of hydrogen-bond acceptors (Lipinski definition) is 6. The average Bonchev–Trinajstić information content (AvgIpc) is 2.66. The van der Waals surface area contributed by atoms with E-state index in [0.717, 1.165) is 37.3 Å². The Hall–Kier alpha value is -2.54. The van der Waals surface area contributed by atoms with E-state index in [-0.39, 0.29) is 11.9 Å². The molecule has 3 rings (SSSR count). The molecule has 1 amide bonds. The second-order valence-electron chi connectivity index (χ2n) is 6.41. The van der Waals surface area contributed by atoms with Gasteiger partial charge < -0.3 is 15.0 Å². The maximum atomic E-state index is 12.6. The summed E-state index contributed by atoms with van der Waals surface area (Å²) in [6.07, 6.45) is 5.16. The lowest BCUT2D eigenvalue weighted by Gasteiger charge is -2.35. The molecule has 1 N–H and O–H groups in total. The van der Waals surface area contributed by atoms with E-state index >= 15 is 0 Å². The lowest BCUT2D eigenvalue weighted by atomic mass is 9.98. The zero-order valence-electron chi connectivity index (χ0n) is 15.3. The maximum Gasteiger partial charge on any atom is 0.225 e. The van der Waals surface area contributed by atoms with Crippen LogP contribution in [0.15, 0.2) is 30.5 Å². The summed E-state index contributed by atoms with van der Waals surface area (Å²) in [4.78, 5) is 27.9. The minimum atomic E-state index is -0.0147. The van der Waals surface area contributed by atoms with Crippen LogP contribution in [0.2, 0.25) is 0 Å². The number of hydrogen-bond donors (Lipinski definition) is 1. The van der Waals surface area contributed by atoms with Gasteiger partial charge in [0.05, 0.1) is 24.8 Å². The monoisotopic (exact) mass is 355 g/mol. The first-order valence-corrected chi connectivity index (χ1v) is 8.99. The van der Waals surface area contributed by atoms with E-state index in [1.165, 1.54) is 0 Å². The molecule has 1 atom stereocenters. The van der Waals surface area contributed by atoms with E-state index in [1.54, 1.807) is 13.3 Å². The zero-order chi connectivity index (χ0) is 18.4. The van der Waals surface area contributed by atoms with Crippen molar-refractivity contribution in [1.29, 1.82) is 0 Å². The van der Waals surface area contributed by atoms with Gasteiger partial charge in [-0.1, -0.05) is 6.07 Å². The Bertz CT molecular complexity index is 738. The summed E-state index contributed by atoms with van der Waals surface area (Å²) in [6, 6.07) is 7.58. The molecule has 0 aromatic carbocycles. The number of carbonyl (C=O) groups excluding carboxylic acids is 1. The molecule has 26 heavy (non-hydrogen) atoms. The van der Waals surface area contributed by atoms with Crippen LogP contribution in [0.4, 0.5) is 11.6 Å². The van der Waals surface area contributed by atoms with Crippen molar-refractivity contribution in [2.75, 3.05) is 25.6 Å². The molecule has 0 bridgehead atoms. The van der Waals surface area contributed by atoms with Crippen molar-refractivity contribution in [3.05, 3.63) is 42.0 Å². The summed E-state index contributed by atoms with van der Waals surface area (Å²) in [5.41, 5.74) is 0.876. The standard InChI is InChI=1S/C19H25N5O2/c1-14-21-15(13-18(22-14)23-17-8-3-5-10-20-17)16-7-4-6-11-24(16)19(25)9-12-26-2/h3,5,8,10,13,16H,4,6-7,9,11-12H2,1-2H3,(H,20,21,22,23)/t16-/m1/s1. The van der Waals surface area contributed by atoms with Crippen LogP contribution in [0.25, 0.3) is 0 Å². The van der Waals surface area contributed by atoms with Gasteiger partial charge in [-0.05, 0) is 38.3 Å². The van der Waals surface area contributed by atoms with Crippen molar-refractivity contribution in [1.82, 2.24) is 19.9 Å². The highest BCUT2D eigenvalue weighted by Crippen LogP contribution is 2.31. The smallest absolute Gasteiger partial charge is 0.225 e. The number of amides is 1. The lowest BCUT2D eigenvalue weighted by molar-refractivity contribution is -0.136. The highest BCUT2D eigenvalue weighted by atomic mass is 16.5. The van der Waals surface area contributed by atoms with Gasteiger partial charge in [-0.15, -0.1) is 0 Å². The molecule has 0 unspecified atom stereocenters. The number of ether oxygens (including phenoxy) is 1. The fourth-order valence-electron chi connectivity index (χ4n) is 3.26. The molecular formula is C19H25N5O2. The minimum absolute atomic E-state index is 0.0147. The fraction of sp³-hybridized carbons (Fsp3) is 0.474. The molecule has 1 fully saturated rings. The van der Waals surface area contributed by atoms with Crippen LogP contribution >= 0.6 is 0 Å². The molecule has 7 nitrogen and oxygen atoms in total. The Morgan fingerprint density at radius 2 is 2.19 bits per heavy atom. The van der Waals surface area contributed by atoms with Crippen LogP contribution in [0.5, 0.6) is 0 Å². The Labute approximate surface area is 153 Å². The van der Waals surface area contributed by atoms with Gasteiger partial charge in [-0.2, -0.15) is 0 Å². The summed E-state index contributed by atoms with van der Waals surface area (Å²) in [5.74, 6) is 2.22. The second-order valence-corrected chi connectivity index (χ2v) is 6.41. The number of methoxy groups -OCH3 is 1. The van der Waals surface area contributed by atoms with E-state index < -0.39 is 0 Å². The van der Waals surface area contributed by atoms with Crippen molar-refractivity contribution < 1.29 is 9.53 Å². The Morgan fingerprint density at radius 3 is 2.96 bits per heavy atom. The third-order valence-electron chi connectivity index (χ3n) is 4.46. The molecule has 1 aliphatic rings. The van der Waals surface area contributed by atoms with Gasteiger partial charge >= 0.3 is 0 Å². The number of carbonyl (C=O) groups is 1. The van der Waals surface area contributed by atoms with Gasteiger partial charge in [-0.3, -0.25) is 4.79 Å². The van der Waals surface area contributed by atoms with Gasteiger partial charge in [0, 0.05) is 25.9 Å². The van der Waals surface area contributed by atoms with Crippen LogP contribution in [-0.2, 0) is 9.53 Å². The Balaban J connectivity index is 1.83. The number of anilines is 2. The normalized spacial score (nSPS) is 17.2. The molecule has 3 heterocycles. The largest absolute Gasteiger partial charge is 0.384 e. The van der Waals surface area contributed by atoms with Crippen LogP contribution < -0.4 is 5.32 Å². The highest BCUT2D eigenvalue weighted by Gasteiger charge is 2.29. The van der Waals surface area contributed by atoms with Gasteiger partial charge in [0.2, 0.25) is 5.91 Å². The molecule has 2 aromatic heterocycles. The number of rotatable bonds is 6. The molecule has 138 valence electrons. The van der Waals surface area contributed by atoms with Crippen molar-refractivity contribution in [2.45, 2.75) is 38.6 Å². The topological polar surface area (TPSA) is 80.2 Å². The first-order chi connectivity index (χ1) is 12.7. The maximum absolute atomic E-state index is 12.6. The van der Waals surface area contributed by atoms with Crippen LogP contribution in [-0.4, -0.2) is 46.0 Å². The molecule has 0 saturated carbocycles. The number of aryl methyl sites for hydroxylation is 1. The average molecular weight is 355 g/mol. The van der Waals surface area contributed by atoms with Gasteiger partial charge in [0.1, 0.15) is 17.5 Å². The van der Waals surface area contributed by atoms with Crippen molar-refractivity contribution >= 4 is 17.5 Å². The number of nitrogens with one attached hydrogen (secondary N) is 1. The second kappa shape index (κ2) is 8.71. The van der Waals surface area contributed by atoms with E-state index in [2.05, 4.69) is 20.3 Å². The lowest BCUT2D eigenvalue weighted by Crippen LogP contribution is -2.39. The van der Waals surface area contributed by atoms with Gasteiger partial charge in [0.25, 0.3) is 0 Å². The van der Waals surface area contributed by atoms with Crippen LogP contribution in [0.1, 0.15) is 43.2 Å². The van der Waals surface area contributed by atoms with Gasteiger partial charge in [0.15, 0.2) is 0 Å². The number of nitrogens with zero attached hydrogens (tertiary/aromatic N) is 4. The summed E-state index contributed by atoms with van der Waals surface area (Å²) in [5, 5.41) is 3.22. The molecular weight excluding hydrogens is 330 g/mol. The van der Waals surface area contributed by atoms with Crippen molar-refractivity contribution in [2.24, 2.45) is 0 Å². The predicted molar refractivity (Wildman–Crippen MR) is 99.1 cm³/mol. The molecule has 1 aliphatic heterocycles. The van der Waals surface area contributed by atoms with Crippen molar-refractivity contribution in [3.63, 3.8) is 0 Å². The van der Waals surface area contributed by atoms with E-state index in [4.69, 9.17) is 4.74 Å². The SMILES string of the molecule is COCCC(=O)N1CCCC[C@@H]1c1cc(Nc2ccccn2)nc(C)n1. The Morgan fingerprint density at radius 1 is 1.31 bits per heavy atom. The van der Waals surface area contributed by atoms with E-state index in [1.807, 2.05) is 36.1 Å². The quantitative estimate of drug-likeness (QED) is 0.858. The first kappa shape index (κ1) is 18.3. The molecule has 0 aliphatic carbocycles. The van der Waals surface area contributed by atoms with Crippen LogP contribution in [0.3, 0.4) is 0 Å². The molecule has 1 saturated heterocycles. The number of aromatic nitrogens is 3. The minimum Gasteiger partial charge on any atom is -0.384 e. The predicted octanol–water partition coefficient (Wildman–Crippen LogP) is 3.01. The van der Waals surface area contributed by atoms with Gasteiger partial charge in [-0.25, -0.2) is 15.0 Å². The summed E-state index contributed by atoms with van der Waals surface area (Å²) in [6.45, 7) is 3.07. The van der Waals surface area contributed by atoms with Crippen molar-refractivity contribution in [3.8, 4) is 0 Å². The van der Waals surface area contributed by atoms with E-state index in [0.29, 0.717) is 24.7 Å². The molecule has 2 aromatic rings. The summed E-state index contributed by atoms with van der Waals surface area (Å²) in [7, 11) is 1.62. The first-order valence-electron chi connectivity index (χ1n) is 8.99. The third-order valence-corrected chi connectivity index (χ3v) is 4.46. The number of piperidine rings is 1. The summed E-state index contributed by atoms with van der Waals surface area (Å²) >= 11 is 0. The molecule has 7 heteroatoms. The number of pyridine rings is 1. The molecule has 0 radical (unpaired) electrons. The highest BCUT2D eigenvalue weighted by molar-refractivity contribution is 5.77. The number of likely N-dealkylation sites (tertiary alicyclic amines) is 1. The van der Waals surface area contributed by atoms with E-state index in [9.17, 15) is 4.79 Å².